The second-order valence-corrected chi connectivity index (χ2v) is 3.36. The Bertz CT molecular complexity index is 380. The van der Waals surface area contributed by atoms with Crippen LogP contribution >= 0.6 is 0 Å². The van der Waals surface area contributed by atoms with E-state index >= 15 is 0 Å². The summed E-state index contributed by atoms with van der Waals surface area (Å²) in [6, 6.07) is 5.73. The lowest BCUT2D eigenvalue weighted by Gasteiger charge is -2.12. The fourth-order valence-electron chi connectivity index (χ4n) is 1.19. The third kappa shape index (κ3) is 2.17. The van der Waals surface area contributed by atoms with E-state index in [1.54, 1.807) is 13.0 Å². The first kappa shape index (κ1) is 10.4. The van der Waals surface area contributed by atoms with E-state index in [0.29, 0.717) is 11.4 Å². The maximum atomic E-state index is 8.60. The first-order chi connectivity index (χ1) is 6.54. The first-order valence-corrected chi connectivity index (χ1v) is 4.47. The standard InChI is InChI=1S/C11H14N2O/c1-7-4-8(2)11(5-10(7)13)14-9(3)6-12/h4-5,9H,13H2,1-3H3. The monoisotopic (exact) mass is 190 g/mol. The number of rotatable bonds is 2. The van der Waals surface area contributed by atoms with E-state index < -0.39 is 6.10 Å². The lowest BCUT2D eigenvalue weighted by molar-refractivity contribution is 0.275. The highest BCUT2D eigenvalue weighted by Crippen LogP contribution is 2.25. The van der Waals surface area contributed by atoms with Gasteiger partial charge in [-0.2, -0.15) is 5.26 Å². The van der Waals surface area contributed by atoms with Crippen molar-refractivity contribution in [3.8, 4) is 11.8 Å². The predicted molar refractivity (Wildman–Crippen MR) is 56.0 cm³/mol. The maximum absolute atomic E-state index is 8.60. The SMILES string of the molecule is Cc1cc(C)c(OC(C)C#N)cc1N. The number of benzene rings is 1. The highest BCUT2D eigenvalue weighted by atomic mass is 16.5. The molecule has 0 aliphatic carbocycles. The number of hydrogen-bond acceptors (Lipinski definition) is 3. The van der Waals surface area contributed by atoms with Gasteiger partial charge in [0, 0.05) is 11.8 Å². The fourth-order valence-corrected chi connectivity index (χ4v) is 1.19. The van der Waals surface area contributed by atoms with Crippen LogP contribution in [0.15, 0.2) is 12.1 Å². The number of nitriles is 1. The van der Waals surface area contributed by atoms with Gasteiger partial charge >= 0.3 is 0 Å². The number of hydrogen-bond donors (Lipinski definition) is 1. The molecule has 0 saturated heterocycles. The Labute approximate surface area is 84.1 Å². The van der Waals surface area contributed by atoms with Crippen molar-refractivity contribution in [3.63, 3.8) is 0 Å². The Hall–Kier alpha value is -1.69. The zero-order chi connectivity index (χ0) is 10.7. The molecule has 1 atom stereocenters. The van der Waals surface area contributed by atoms with Crippen LogP contribution < -0.4 is 10.5 Å². The summed E-state index contributed by atoms with van der Waals surface area (Å²) >= 11 is 0. The van der Waals surface area contributed by atoms with Crippen molar-refractivity contribution in [1.29, 1.82) is 5.26 Å². The predicted octanol–water partition coefficient (Wildman–Crippen LogP) is 2.18. The van der Waals surface area contributed by atoms with Gasteiger partial charge in [-0.15, -0.1) is 0 Å². The van der Waals surface area contributed by atoms with E-state index in [0.717, 1.165) is 11.1 Å². The van der Waals surface area contributed by atoms with Gasteiger partial charge in [-0.3, -0.25) is 0 Å². The summed E-state index contributed by atoms with van der Waals surface area (Å²) < 4.78 is 5.39. The molecule has 0 aliphatic heterocycles. The van der Waals surface area contributed by atoms with Crippen LogP contribution in [0.4, 0.5) is 5.69 Å². The molecular formula is C11H14N2O. The largest absolute Gasteiger partial charge is 0.476 e. The molecule has 0 amide bonds. The number of nitrogens with two attached hydrogens (primary N) is 1. The molecule has 0 aromatic heterocycles. The van der Waals surface area contributed by atoms with E-state index in [2.05, 4.69) is 0 Å². The van der Waals surface area contributed by atoms with Gasteiger partial charge in [0.2, 0.25) is 0 Å². The minimum Gasteiger partial charge on any atom is -0.476 e. The molecule has 1 unspecified atom stereocenters. The molecule has 0 heterocycles. The van der Waals surface area contributed by atoms with Gasteiger partial charge in [-0.1, -0.05) is 6.07 Å². The van der Waals surface area contributed by atoms with Gasteiger partial charge in [0.15, 0.2) is 6.10 Å². The maximum Gasteiger partial charge on any atom is 0.181 e. The normalized spacial score (nSPS) is 11.9. The Balaban J connectivity index is 2.99. The van der Waals surface area contributed by atoms with Gasteiger partial charge in [0.1, 0.15) is 11.8 Å². The third-order valence-electron chi connectivity index (χ3n) is 2.05. The summed E-state index contributed by atoms with van der Waals surface area (Å²) in [6.07, 6.45) is -0.448. The minimum absolute atomic E-state index is 0.448. The van der Waals surface area contributed by atoms with E-state index in [9.17, 15) is 0 Å². The minimum atomic E-state index is -0.448. The summed E-state index contributed by atoms with van der Waals surface area (Å²) in [6.45, 7) is 5.58. The lowest BCUT2D eigenvalue weighted by Crippen LogP contribution is -2.09. The molecule has 0 bridgehead atoms. The molecule has 0 radical (unpaired) electrons. The summed E-state index contributed by atoms with van der Waals surface area (Å²) in [5, 5.41) is 8.60. The molecule has 1 rings (SSSR count). The van der Waals surface area contributed by atoms with Crippen LogP contribution in [0.3, 0.4) is 0 Å². The Morgan fingerprint density at radius 2 is 2.00 bits per heavy atom. The molecular weight excluding hydrogens is 176 g/mol. The zero-order valence-electron chi connectivity index (χ0n) is 8.66. The summed E-state index contributed by atoms with van der Waals surface area (Å²) in [5.74, 6) is 0.683. The summed E-state index contributed by atoms with van der Waals surface area (Å²) in [7, 11) is 0. The van der Waals surface area contributed by atoms with Crippen molar-refractivity contribution in [2.45, 2.75) is 26.9 Å². The molecule has 0 spiro atoms. The first-order valence-electron chi connectivity index (χ1n) is 4.47. The fraction of sp³-hybridized carbons (Fsp3) is 0.364. The molecule has 74 valence electrons. The van der Waals surface area contributed by atoms with Crippen LogP contribution in [0, 0.1) is 25.2 Å². The topological polar surface area (TPSA) is 59.0 Å². The number of anilines is 1. The van der Waals surface area contributed by atoms with E-state index in [1.165, 1.54) is 0 Å². The van der Waals surface area contributed by atoms with Crippen LogP contribution in [-0.4, -0.2) is 6.10 Å². The van der Waals surface area contributed by atoms with Crippen molar-refractivity contribution >= 4 is 5.69 Å². The number of nitrogen functional groups attached to an aromatic ring is 1. The molecule has 0 fully saturated rings. The third-order valence-corrected chi connectivity index (χ3v) is 2.05. The van der Waals surface area contributed by atoms with Gasteiger partial charge in [-0.25, -0.2) is 0 Å². The highest BCUT2D eigenvalue weighted by molar-refractivity contribution is 5.54. The Morgan fingerprint density at radius 1 is 1.36 bits per heavy atom. The average Bonchev–Trinajstić information content (AvgIpc) is 2.14. The van der Waals surface area contributed by atoms with Gasteiger partial charge < -0.3 is 10.5 Å². The van der Waals surface area contributed by atoms with Crippen molar-refractivity contribution in [3.05, 3.63) is 23.3 Å². The second kappa shape index (κ2) is 4.01. The van der Waals surface area contributed by atoms with Crippen LogP contribution in [-0.2, 0) is 0 Å². The van der Waals surface area contributed by atoms with Crippen LogP contribution in [0.25, 0.3) is 0 Å². The molecule has 1 aromatic carbocycles. The van der Waals surface area contributed by atoms with Crippen LogP contribution in [0.5, 0.6) is 5.75 Å². The lowest BCUT2D eigenvalue weighted by atomic mass is 10.1. The molecule has 14 heavy (non-hydrogen) atoms. The number of aryl methyl sites for hydroxylation is 2. The molecule has 0 saturated carbocycles. The number of ether oxygens (including phenoxy) is 1. The van der Waals surface area contributed by atoms with Crippen molar-refractivity contribution in [1.82, 2.24) is 0 Å². The van der Waals surface area contributed by atoms with E-state index in [-0.39, 0.29) is 0 Å². The summed E-state index contributed by atoms with van der Waals surface area (Å²) in [5.41, 5.74) is 8.46. The Morgan fingerprint density at radius 3 is 2.57 bits per heavy atom. The smallest absolute Gasteiger partial charge is 0.181 e. The van der Waals surface area contributed by atoms with E-state index in [4.69, 9.17) is 15.7 Å². The molecule has 1 aromatic rings. The Kier molecular flexibility index (Phi) is 2.98. The molecule has 3 heteroatoms. The van der Waals surface area contributed by atoms with Gasteiger partial charge in [-0.05, 0) is 31.9 Å². The number of nitrogens with zero attached hydrogens (tertiary/aromatic N) is 1. The van der Waals surface area contributed by atoms with Crippen LogP contribution in [0.2, 0.25) is 0 Å². The van der Waals surface area contributed by atoms with Gasteiger partial charge in [0.25, 0.3) is 0 Å². The molecule has 3 nitrogen and oxygen atoms in total. The molecule has 0 aliphatic rings. The quantitative estimate of drug-likeness (QED) is 0.727. The van der Waals surface area contributed by atoms with Crippen molar-refractivity contribution < 1.29 is 4.74 Å². The molecule has 2 N–H and O–H groups in total. The van der Waals surface area contributed by atoms with Crippen molar-refractivity contribution in [2.75, 3.05) is 5.73 Å². The van der Waals surface area contributed by atoms with E-state index in [1.807, 2.05) is 26.0 Å². The van der Waals surface area contributed by atoms with Crippen LogP contribution in [0.1, 0.15) is 18.1 Å². The van der Waals surface area contributed by atoms with Gasteiger partial charge in [0.05, 0.1) is 0 Å². The zero-order valence-corrected chi connectivity index (χ0v) is 8.66. The van der Waals surface area contributed by atoms with Crippen molar-refractivity contribution in [2.24, 2.45) is 0 Å². The summed E-state index contributed by atoms with van der Waals surface area (Å²) in [4.78, 5) is 0. The average molecular weight is 190 g/mol. The second-order valence-electron chi connectivity index (χ2n) is 3.36. The highest BCUT2D eigenvalue weighted by Gasteiger charge is 2.06.